The van der Waals surface area contributed by atoms with Gasteiger partial charge in [-0.25, -0.2) is 8.42 Å². The minimum absolute atomic E-state index is 0.0669. The van der Waals surface area contributed by atoms with Crippen LogP contribution in [-0.4, -0.2) is 47.3 Å². The minimum atomic E-state index is -3.50. The van der Waals surface area contributed by atoms with Crippen LogP contribution in [0.3, 0.4) is 0 Å². The largest absolute Gasteiger partial charge is 0.394 e. The maximum absolute atomic E-state index is 12.5. The normalized spacial score (nSPS) is 17.8. The Morgan fingerprint density at radius 3 is 2.62 bits per heavy atom. The molecule has 1 aliphatic rings. The molecule has 1 aromatic rings. The molecular weight excluding hydrogens is 290 g/mol. The molecular formula is C14H23N3O3S. The number of aliphatic hydroxyl groups is 1. The molecule has 0 amide bonds. The van der Waals surface area contributed by atoms with E-state index in [-0.39, 0.29) is 16.9 Å². The highest BCUT2D eigenvalue weighted by Crippen LogP contribution is 2.31. The first-order chi connectivity index (χ1) is 9.75. The standard InChI is InChI=1S/C14H23N3O3S/c1-14(2,3)12-4-6-17(7-5-12)21(19,20)13-10-15-16(11-13)8-9-18/h4,10-11,18H,5-9H2,1-3H3. The van der Waals surface area contributed by atoms with Crippen molar-refractivity contribution in [1.29, 1.82) is 0 Å². The maximum Gasteiger partial charge on any atom is 0.246 e. The molecule has 0 fully saturated rings. The van der Waals surface area contributed by atoms with Gasteiger partial charge in [-0.05, 0) is 11.8 Å². The molecule has 0 saturated heterocycles. The molecule has 1 N–H and O–H groups in total. The number of nitrogens with zero attached hydrogens (tertiary/aromatic N) is 3. The Bertz CT molecular complexity index is 626. The Kier molecular flexibility index (Phi) is 4.55. The van der Waals surface area contributed by atoms with Crippen LogP contribution in [-0.2, 0) is 16.6 Å². The van der Waals surface area contributed by atoms with Crippen molar-refractivity contribution in [3.63, 3.8) is 0 Å². The molecule has 118 valence electrons. The van der Waals surface area contributed by atoms with E-state index in [2.05, 4.69) is 25.9 Å². The molecule has 2 rings (SSSR count). The van der Waals surface area contributed by atoms with Gasteiger partial charge in [-0.2, -0.15) is 9.40 Å². The van der Waals surface area contributed by atoms with E-state index in [0.29, 0.717) is 19.6 Å². The van der Waals surface area contributed by atoms with Crippen molar-refractivity contribution >= 4 is 10.0 Å². The van der Waals surface area contributed by atoms with E-state index in [1.807, 2.05) is 6.08 Å². The summed E-state index contributed by atoms with van der Waals surface area (Å²) in [5, 5.41) is 12.8. The van der Waals surface area contributed by atoms with Gasteiger partial charge in [-0.1, -0.05) is 32.4 Å². The van der Waals surface area contributed by atoms with Crippen molar-refractivity contribution in [2.45, 2.75) is 38.6 Å². The first kappa shape index (κ1) is 16.2. The van der Waals surface area contributed by atoms with Crippen LogP contribution in [0, 0.1) is 5.41 Å². The Morgan fingerprint density at radius 1 is 1.38 bits per heavy atom. The zero-order chi connectivity index (χ0) is 15.7. The van der Waals surface area contributed by atoms with Gasteiger partial charge in [-0.15, -0.1) is 0 Å². The second-order valence-electron chi connectivity index (χ2n) is 6.26. The van der Waals surface area contributed by atoms with E-state index in [1.165, 1.54) is 27.0 Å². The van der Waals surface area contributed by atoms with Gasteiger partial charge in [0.25, 0.3) is 0 Å². The van der Waals surface area contributed by atoms with Crippen molar-refractivity contribution in [1.82, 2.24) is 14.1 Å². The van der Waals surface area contributed by atoms with Gasteiger partial charge in [0.15, 0.2) is 0 Å². The summed E-state index contributed by atoms with van der Waals surface area (Å²) in [5.74, 6) is 0. The number of rotatable bonds is 4. The lowest BCUT2D eigenvalue weighted by molar-refractivity contribution is 0.269. The number of hydrogen-bond donors (Lipinski definition) is 1. The topological polar surface area (TPSA) is 75.4 Å². The molecule has 6 nitrogen and oxygen atoms in total. The zero-order valence-corrected chi connectivity index (χ0v) is 13.6. The highest BCUT2D eigenvalue weighted by molar-refractivity contribution is 7.89. The molecule has 21 heavy (non-hydrogen) atoms. The summed E-state index contributed by atoms with van der Waals surface area (Å²) >= 11 is 0. The molecule has 0 saturated carbocycles. The highest BCUT2D eigenvalue weighted by Gasteiger charge is 2.29. The Balaban J connectivity index is 2.16. The monoisotopic (exact) mass is 313 g/mol. The molecule has 7 heteroatoms. The molecule has 0 aliphatic carbocycles. The van der Waals surface area contributed by atoms with Crippen LogP contribution in [0.25, 0.3) is 0 Å². The van der Waals surface area contributed by atoms with Crippen molar-refractivity contribution in [3.8, 4) is 0 Å². The molecule has 0 unspecified atom stereocenters. The third-order valence-electron chi connectivity index (χ3n) is 3.71. The predicted molar refractivity (Wildman–Crippen MR) is 80.2 cm³/mol. The van der Waals surface area contributed by atoms with Gasteiger partial charge in [-0.3, -0.25) is 4.68 Å². The van der Waals surface area contributed by atoms with Crippen LogP contribution in [0.1, 0.15) is 27.2 Å². The van der Waals surface area contributed by atoms with E-state index in [9.17, 15) is 8.42 Å². The summed E-state index contributed by atoms with van der Waals surface area (Å²) in [6.45, 7) is 7.55. The Labute approximate surface area is 126 Å². The van der Waals surface area contributed by atoms with E-state index in [1.54, 1.807) is 0 Å². The van der Waals surface area contributed by atoms with E-state index >= 15 is 0 Å². The van der Waals surface area contributed by atoms with Crippen molar-refractivity contribution in [2.24, 2.45) is 5.41 Å². The third kappa shape index (κ3) is 3.53. The fraction of sp³-hybridized carbons (Fsp3) is 0.643. The molecule has 0 spiro atoms. The summed E-state index contributed by atoms with van der Waals surface area (Å²) in [6, 6.07) is 0. The van der Waals surface area contributed by atoms with E-state index < -0.39 is 10.0 Å². The Hall–Kier alpha value is -1.18. The van der Waals surface area contributed by atoms with Crippen LogP contribution >= 0.6 is 0 Å². The van der Waals surface area contributed by atoms with Crippen molar-refractivity contribution in [3.05, 3.63) is 24.0 Å². The average Bonchev–Trinajstić information content (AvgIpc) is 2.88. The summed E-state index contributed by atoms with van der Waals surface area (Å²) in [7, 11) is -3.50. The van der Waals surface area contributed by atoms with E-state index in [0.717, 1.165) is 6.42 Å². The fourth-order valence-corrected chi connectivity index (χ4v) is 3.74. The van der Waals surface area contributed by atoms with Crippen LogP contribution in [0.4, 0.5) is 0 Å². The van der Waals surface area contributed by atoms with Gasteiger partial charge >= 0.3 is 0 Å². The predicted octanol–water partition coefficient (Wildman–Crippen LogP) is 1.24. The summed E-state index contributed by atoms with van der Waals surface area (Å²) in [4.78, 5) is 0.184. The molecule has 0 radical (unpaired) electrons. The van der Waals surface area contributed by atoms with E-state index in [4.69, 9.17) is 5.11 Å². The lowest BCUT2D eigenvalue weighted by atomic mass is 9.83. The highest BCUT2D eigenvalue weighted by atomic mass is 32.2. The van der Waals surface area contributed by atoms with Gasteiger partial charge in [0.05, 0.1) is 19.3 Å². The van der Waals surface area contributed by atoms with Crippen LogP contribution < -0.4 is 0 Å². The SMILES string of the molecule is CC(C)(C)C1=CCN(S(=O)(=O)c2cnn(CCO)c2)CC1. The lowest BCUT2D eigenvalue weighted by Gasteiger charge is -2.31. The van der Waals surface area contributed by atoms with Gasteiger partial charge < -0.3 is 5.11 Å². The van der Waals surface area contributed by atoms with Crippen LogP contribution in [0.2, 0.25) is 0 Å². The second-order valence-corrected chi connectivity index (χ2v) is 8.19. The Morgan fingerprint density at radius 2 is 2.10 bits per heavy atom. The molecule has 1 aliphatic heterocycles. The lowest BCUT2D eigenvalue weighted by Crippen LogP contribution is -2.36. The molecule has 1 aromatic heterocycles. The zero-order valence-electron chi connectivity index (χ0n) is 12.8. The number of aromatic nitrogens is 2. The summed E-state index contributed by atoms with van der Waals surface area (Å²) < 4.78 is 28.0. The second kappa shape index (κ2) is 5.90. The maximum atomic E-state index is 12.5. The van der Waals surface area contributed by atoms with Gasteiger partial charge in [0.2, 0.25) is 10.0 Å². The first-order valence-corrected chi connectivity index (χ1v) is 8.52. The molecule has 0 aromatic carbocycles. The van der Waals surface area contributed by atoms with Crippen LogP contribution in [0.5, 0.6) is 0 Å². The molecule has 0 atom stereocenters. The summed E-state index contributed by atoms with van der Waals surface area (Å²) in [5.41, 5.74) is 1.38. The van der Waals surface area contributed by atoms with Crippen LogP contribution in [0.15, 0.2) is 28.9 Å². The number of sulfonamides is 1. The number of hydrogen-bond acceptors (Lipinski definition) is 4. The molecule has 0 bridgehead atoms. The number of aliphatic hydroxyl groups excluding tert-OH is 1. The van der Waals surface area contributed by atoms with Crippen molar-refractivity contribution < 1.29 is 13.5 Å². The third-order valence-corrected chi connectivity index (χ3v) is 5.53. The first-order valence-electron chi connectivity index (χ1n) is 7.08. The summed E-state index contributed by atoms with van der Waals surface area (Å²) in [6.07, 6.45) is 5.58. The van der Waals surface area contributed by atoms with Gasteiger partial charge in [0.1, 0.15) is 4.90 Å². The molecule has 2 heterocycles. The minimum Gasteiger partial charge on any atom is -0.394 e. The smallest absolute Gasteiger partial charge is 0.246 e. The van der Waals surface area contributed by atoms with Gasteiger partial charge in [0, 0.05) is 19.3 Å². The average molecular weight is 313 g/mol. The van der Waals surface area contributed by atoms with Crippen molar-refractivity contribution in [2.75, 3.05) is 19.7 Å². The quantitative estimate of drug-likeness (QED) is 0.849. The fourth-order valence-electron chi connectivity index (χ4n) is 2.40.